The number of alkyl halides is 3. The van der Waals surface area contributed by atoms with E-state index in [4.69, 9.17) is 4.42 Å². The van der Waals surface area contributed by atoms with E-state index in [1.807, 2.05) is 32.2 Å². The fourth-order valence-corrected chi connectivity index (χ4v) is 3.80. The van der Waals surface area contributed by atoms with E-state index in [1.54, 1.807) is 6.20 Å². The standard InChI is InChI=1S/C19H19F3N4O/c1-11-18(12(2)26-25-11,9-14-5-6-16(27-14)19(20,21)22)8-13-10-24-17-15(13)4-3-7-23-17/h3-7,10-11,25H,8-9H2,1-2H3,(H,23,24). The summed E-state index contributed by atoms with van der Waals surface area (Å²) in [6.45, 7) is 3.89. The Hall–Kier alpha value is -2.77. The van der Waals surface area contributed by atoms with Crippen LogP contribution in [0.3, 0.4) is 0 Å². The van der Waals surface area contributed by atoms with Gasteiger partial charge >= 0.3 is 6.18 Å². The summed E-state index contributed by atoms with van der Waals surface area (Å²) in [6.07, 6.45) is 0.0493. The minimum atomic E-state index is -4.49. The first-order chi connectivity index (χ1) is 12.8. The van der Waals surface area contributed by atoms with E-state index in [0.29, 0.717) is 18.6 Å². The lowest BCUT2D eigenvalue weighted by Crippen LogP contribution is -2.43. The smallest absolute Gasteiger partial charge is 0.449 e. The summed E-state index contributed by atoms with van der Waals surface area (Å²) < 4.78 is 43.8. The number of hydrogen-bond acceptors (Lipinski definition) is 4. The molecule has 0 aromatic carbocycles. The number of nitrogens with zero attached hydrogens (tertiary/aromatic N) is 2. The normalized spacial score (nSPS) is 22.9. The first-order valence-corrected chi connectivity index (χ1v) is 8.67. The second kappa shape index (κ2) is 6.14. The van der Waals surface area contributed by atoms with Crippen LogP contribution in [-0.4, -0.2) is 21.7 Å². The zero-order chi connectivity index (χ0) is 19.2. The van der Waals surface area contributed by atoms with Crippen molar-refractivity contribution in [3.8, 4) is 0 Å². The molecule has 4 heterocycles. The molecule has 3 aromatic heterocycles. The number of hydrazone groups is 1. The fourth-order valence-electron chi connectivity index (χ4n) is 3.80. The Kier molecular flexibility index (Phi) is 4.01. The number of halogens is 3. The molecule has 8 heteroatoms. The van der Waals surface area contributed by atoms with Gasteiger partial charge in [-0.05, 0) is 50.1 Å². The highest BCUT2D eigenvalue weighted by Crippen LogP contribution is 2.39. The van der Waals surface area contributed by atoms with E-state index in [9.17, 15) is 13.2 Å². The van der Waals surface area contributed by atoms with Gasteiger partial charge in [0.15, 0.2) is 0 Å². The van der Waals surface area contributed by atoms with Crippen molar-refractivity contribution in [1.29, 1.82) is 0 Å². The lowest BCUT2D eigenvalue weighted by molar-refractivity contribution is -0.153. The quantitative estimate of drug-likeness (QED) is 0.713. The number of aromatic amines is 1. The molecule has 0 radical (unpaired) electrons. The van der Waals surface area contributed by atoms with Crippen molar-refractivity contribution in [2.24, 2.45) is 10.5 Å². The number of aromatic nitrogens is 2. The lowest BCUT2D eigenvalue weighted by Gasteiger charge is -2.32. The van der Waals surface area contributed by atoms with E-state index in [0.717, 1.165) is 28.4 Å². The van der Waals surface area contributed by atoms with Crippen LogP contribution in [-0.2, 0) is 19.0 Å². The van der Waals surface area contributed by atoms with Crippen LogP contribution in [0, 0.1) is 5.41 Å². The van der Waals surface area contributed by atoms with Crippen molar-refractivity contribution in [3.05, 3.63) is 53.7 Å². The van der Waals surface area contributed by atoms with Gasteiger partial charge in [0.25, 0.3) is 0 Å². The summed E-state index contributed by atoms with van der Waals surface area (Å²) in [5.41, 5.74) is 5.26. The van der Waals surface area contributed by atoms with E-state index < -0.39 is 17.4 Å². The third kappa shape index (κ3) is 2.98. The minimum absolute atomic E-state index is 0.0569. The Morgan fingerprint density at radius 3 is 2.70 bits per heavy atom. The summed E-state index contributed by atoms with van der Waals surface area (Å²) in [6, 6.07) is 6.18. The molecule has 4 rings (SSSR count). The number of pyridine rings is 1. The average molecular weight is 376 g/mol. The molecule has 0 saturated heterocycles. The van der Waals surface area contributed by atoms with Gasteiger partial charge in [-0.25, -0.2) is 4.98 Å². The molecule has 5 nitrogen and oxygen atoms in total. The summed E-state index contributed by atoms with van der Waals surface area (Å²) in [5, 5.41) is 5.36. The zero-order valence-electron chi connectivity index (χ0n) is 14.9. The Labute approximate surface area is 153 Å². The molecule has 2 N–H and O–H groups in total. The maximum Gasteiger partial charge on any atom is 0.449 e. The van der Waals surface area contributed by atoms with Gasteiger partial charge < -0.3 is 14.8 Å². The topological polar surface area (TPSA) is 66.2 Å². The van der Waals surface area contributed by atoms with Gasteiger partial charge in [-0.3, -0.25) is 0 Å². The van der Waals surface area contributed by atoms with Crippen molar-refractivity contribution in [2.45, 2.75) is 38.9 Å². The van der Waals surface area contributed by atoms with Crippen LogP contribution in [0.5, 0.6) is 0 Å². The molecule has 2 atom stereocenters. The number of rotatable bonds is 4. The second-order valence-electron chi connectivity index (χ2n) is 7.03. The van der Waals surface area contributed by atoms with Crippen LogP contribution in [0.4, 0.5) is 13.2 Å². The molecule has 0 amide bonds. The van der Waals surface area contributed by atoms with Crippen molar-refractivity contribution in [2.75, 3.05) is 0 Å². The molecular formula is C19H19F3N4O. The van der Waals surface area contributed by atoms with Crippen LogP contribution >= 0.6 is 0 Å². The van der Waals surface area contributed by atoms with E-state index in [-0.39, 0.29) is 6.04 Å². The van der Waals surface area contributed by atoms with Crippen LogP contribution in [0.2, 0.25) is 0 Å². The van der Waals surface area contributed by atoms with Crippen molar-refractivity contribution >= 4 is 16.7 Å². The molecule has 0 aliphatic carbocycles. The molecule has 0 spiro atoms. The Balaban J connectivity index is 1.71. The Morgan fingerprint density at radius 2 is 2.04 bits per heavy atom. The number of H-pyrrole nitrogens is 1. The molecule has 27 heavy (non-hydrogen) atoms. The summed E-state index contributed by atoms with van der Waals surface area (Å²) in [7, 11) is 0. The van der Waals surface area contributed by atoms with E-state index in [1.165, 1.54) is 6.07 Å². The highest BCUT2D eigenvalue weighted by molar-refractivity contribution is 5.91. The SMILES string of the molecule is CC1=NNC(C)C1(Cc1ccc(C(F)(F)F)o1)Cc1c[nH]c2ncccc12. The monoisotopic (exact) mass is 376 g/mol. The van der Waals surface area contributed by atoms with Gasteiger partial charge in [0, 0.05) is 35.3 Å². The van der Waals surface area contributed by atoms with Gasteiger partial charge in [-0.2, -0.15) is 18.3 Å². The maximum atomic E-state index is 12.9. The Bertz CT molecular complexity index is 1000. The molecule has 0 saturated carbocycles. The second-order valence-corrected chi connectivity index (χ2v) is 7.03. The number of hydrogen-bond donors (Lipinski definition) is 2. The zero-order valence-corrected chi connectivity index (χ0v) is 14.9. The molecule has 1 aliphatic heterocycles. The minimum Gasteiger partial charge on any atom is -0.456 e. The van der Waals surface area contributed by atoms with Crippen molar-refractivity contribution in [3.63, 3.8) is 0 Å². The predicted octanol–water partition coefficient (Wildman–Crippen LogP) is 4.31. The first-order valence-electron chi connectivity index (χ1n) is 8.67. The van der Waals surface area contributed by atoms with Crippen molar-refractivity contribution < 1.29 is 17.6 Å². The predicted molar refractivity (Wildman–Crippen MR) is 95.4 cm³/mol. The van der Waals surface area contributed by atoms with Crippen LogP contribution in [0.1, 0.15) is 30.9 Å². The van der Waals surface area contributed by atoms with E-state index in [2.05, 4.69) is 20.5 Å². The fraction of sp³-hybridized carbons (Fsp3) is 0.368. The average Bonchev–Trinajstić information content (AvgIpc) is 3.31. The largest absolute Gasteiger partial charge is 0.456 e. The number of nitrogens with one attached hydrogen (secondary N) is 2. The van der Waals surface area contributed by atoms with Gasteiger partial charge in [0.05, 0.1) is 6.04 Å². The highest BCUT2D eigenvalue weighted by Gasteiger charge is 2.45. The summed E-state index contributed by atoms with van der Waals surface area (Å²) in [4.78, 5) is 7.46. The molecule has 3 aromatic rings. The first kappa shape index (κ1) is 17.6. The number of furan rings is 1. The van der Waals surface area contributed by atoms with Crippen molar-refractivity contribution in [1.82, 2.24) is 15.4 Å². The molecular weight excluding hydrogens is 357 g/mol. The summed E-state index contributed by atoms with van der Waals surface area (Å²) >= 11 is 0. The lowest BCUT2D eigenvalue weighted by atomic mass is 9.70. The molecule has 1 aliphatic rings. The van der Waals surface area contributed by atoms with E-state index >= 15 is 0 Å². The molecule has 2 unspecified atom stereocenters. The number of fused-ring (bicyclic) bond motifs is 1. The molecule has 0 bridgehead atoms. The highest BCUT2D eigenvalue weighted by atomic mass is 19.4. The molecule has 0 fully saturated rings. The molecule has 142 valence electrons. The van der Waals surface area contributed by atoms with Gasteiger partial charge in [0.1, 0.15) is 11.4 Å². The Morgan fingerprint density at radius 1 is 1.22 bits per heavy atom. The third-order valence-electron chi connectivity index (χ3n) is 5.45. The van der Waals surface area contributed by atoms with Crippen LogP contribution in [0.25, 0.3) is 11.0 Å². The summed E-state index contributed by atoms with van der Waals surface area (Å²) in [5.74, 6) is -0.678. The third-order valence-corrected chi connectivity index (χ3v) is 5.45. The van der Waals surface area contributed by atoms with Gasteiger partial charge in [-0.15, -0.1) is 0 Å². The van der Waals surface area contributed by atoms with Crippen LogP contribution in [0.15, 0.2) is 46.2 Å². The van der Waals surface area contributed by atoms with Gasteiger partial charge in [0.2, 0.25) is 5.76 Å². The van der Waals surface area contributed by atoms with Gasteiger partial charge in [-0.1, -0.05) is 0 Å². The van der Waals surface area contributed by atoms with Crippen LogP contribution < -0.4 is 5.43 Å². The maximum absolute atomic E-state index is 12.9.